The normalized spacial score (nSPS) is 11.1. The summed E-state index contributed by atoms with van der Waals surface area (Å²) in [6.45, 7) is 0. The Morgan fingerprint density at radius 1 is 0.852 bits per heavy atom. The van der Waals surface area contributed by atoms with Crippen LogP contribution in [-0.2, 0) is 0 Å². The van der Waals surface area contributed by atoms with Crippen molar-refractivity contribution in [3.05, 3.63) is 59.3 Å². The van der Waals surface area contributed by atoms with E-state index in [4.69, 9.17) is 5.73 Å². The van der Waals surface area contributed by atoms with Gasteiger partial charge in [-0.1, -0.05) is 15.9 Å². The fraction of sp³-hybridized carbons (Fsp3) is 0.0588. The van der Waals surface area contributed by atoms with E-state index in [-0.39, 0.29) is 11.4 Å². The second-order valence-electron chi connectivity index (χ2n) is 5.31. The zero-order valence-electron chi connectivity index (χ0n) is 13.6. The lowest BCUT2D eigenvalue weighted by molar-refractivity contribution is -0.274. The molecule has 1 heterocycles. The van der Waals surface area contributed by atoms with E-state index in [9.17, 15) is 13.2 Å². The standard InChI is InChI=1S/C17H13BrF3N5O/c18-10-1-3-11(4-2-10)25-15-14(22)16(24-9-23-15)26-12-5-7-13(8-6-12)27-17(19,20)21/h1-9H,22H2,(H2,23,24,25,26). The minimum absolute atomic E-state index is 0.260. The van der Waals surface area contributed by atoms with E-state index in [1.165, 1.54) is 30.6 Å². The van der Waals surface area contributed by atoms with Crippen molar-refractivity contribution in [2.45, 2.75) is 6.36 Å². The first-order valence-corrected chi connectivity index (χ1v) is 8.35. The third-order valence-electron chi connectivity index (χ3n) is 3.34. The topological polar surface area (TPSA) is 85.1 Å². The second kappa shape index (κ2) is 7.70. The molecule has 140 valence electrons. The first-order valence-electron chi connectivity index (χ1n) is 7.56. The number of nitrogens with one attached hydrogen (secondary N) is 2. The Bertz CT molecular complexity index is 917. The van der Waals surface area contributed by atoms with Crippen molar-refractivity contribution in [3.8, 4) is 5.75 Å². The highest BCUT2D eigenvalue weighted by Crippen LogP contribution is 2.30. The minimum atomic E-state index is -4.74. The molecule has 3 rings (SSSR count). The van der Waals surface area contributed by atoms with Crippen LogP contribution in [0.5, 0.6) is 5.75 Å². The third-order valence-corrected chi connectivity index (χ3v) is 3.87. The molecule has 0 unspecified atom stereocenters. The average Bonchev–Trinajstić information content (AvgIpc) is 2.61. The number of aromatic nitrogens is 2. The number of hydrogen-bond donors (Lipinski definition) is 3. The lowest BCUT2D eigenvalue weighted by Crippen LogP contribution is -2.17. The molecule has 3 aromatic rings. The lowest BCUT2D eigenvalue weighted by atomic mass is 10.3. The molecule has 2 aromatic carbocycles. The van der Waals surface area contributed by atoms with E-state index in [0.29, 0.717) is 17.3 Å². The summed E-state index contributed by atoms with van der Waals surface area (Å²) in [5.41, 5.74) is 7.62. The highest BCUT2D eigenvalue weighted by Gasteiger charge is 2.30. The number of ether oxygens (including phenoxy) is 1. The Labute approximate surface area is 160 Å². The quantitative estimate of drug-likeness (QED) is 0.506. The molecular formula is C17H13BrF3N5O. The van der Waals surface area contributed by atoms with Crippen LogP contribution in [0.3, 0.4) is 0 Å². The van der Waals surface area contributed by atoms with Gasteiger partial charge in [0.05, 0.1) is 0 Å². The molecule has 0 bridgehead atoms. The number of alkyl halides is 3. The van der Waals surface area contributed by atoms with Crippen LogP contribution < -0.4 is 21.1 Å². The summed E-state index contributed by atoms with van der Waals surface area (Å²) >= 11 is 3.36. The van der Waals surface area contributed by atoms with Gasteiger partial charge in [-0.3, -0.25) is 0 Å². The van der Waals surface area contributed by atoms with Gasteiger partial charge in [0.15, 0.2) is 11.6 Å². The molecule has 0 aliphatic carbocycles. The molecule has 0 fully saturated rings. The van der Waals surface area contributed by atoms with Gasteiger partial charge in [0.1, 0.15) is 17.8 Å². The van der Waals surface area contributed by atoms with Crippen molar-refractivity contribution in [2.24, 2.45) is 0 Å². The first-order chi connectivity index (χ1) is 12.8. The molecule has 0 atom stereocenters. The van der Waals surface area contributed by atoms with E-state index < -0.39 is 6.36 Å². The Kier molecular flexibility index (Phi) is 5.36. The maximum absolute atomic E-state index is 12.2. The van der Waals surface area contributed by atoms with E-state index >= 15 is 0 Å². The summed E-state index contributed by atoms with van der Waals surface area (Å²) in [5, 5.41) is 6.02. The van der Waals surface area contributed by atoms with Gasteiger partial charge in [-0.15, -0.1) is 13.2 Å². The number of nitrogens with two attached hydrogens (primary N) is 1. The van der Waals surface area contributed by atoms with Crippen molar-refractivity contribution in [1.82, 2.24) is 9.97 Å². The second-order valence-corrected chi connectivity index (χ2v) is 6.23. The van der Waals surface area contributed by atoms with Crippen molar-refractivity contribution in [1.29, 1.82) is 0 Å². The maximum Gasteiger partial charge on any atom is 0.573 e. The Morgan fingerprint density at radius 3 is 1.81 bits per heavy atom. The van der Waals surface area contributed by atoms with Crippen LogP contribution >= 0.6 is 15.9 Å². The van der Waals surface area contributed by atoms with Crippen LogP contribution in [0.1, 0.15) is 0 Å². The number of hydrogen-bond acceptors (Lipinski definition) is 6. The van der Waals surface area contributed by atoms with Gasteiger partial charge in [0.2, 0.25) is 0 Å². The number of rotatable bonds is 5. The number of nitrogen functional groups attached to an aromatic ring is 1. The van der Waals surface area contributed by atoms with E-state index in [1.54, 1.807) is 0 Å². The molecule has 27 heavy (non-hydrogen) atoms. The van der Waals surface area contributed by atoms with Crippen molar-refractivity contribution >= 4 is 44.6 Å². The molecule has 0 radical (unpaired) electrons. The van der Waals surface area contributed by atoms with Gasteiger partial charge in [0.25, 0.3) is 0 Å². The Balaban J connectivity index is 1.74. The lowest BCUT2D eigenvalue weighted by Gasteiger charge is -2.13. The van der Waals surface area contributed by atoms with Crippen LogP contribution in [-0.4, -0.2) is 16.3 Å². The maximum atomic E-state index is 12.2. The van der Waals surface area contributed by atoms with E-state index in [1.807, 2.05) is 24.3 Å². The fourth-order valence-corrected chi connectivity index (χ4v) is 2.41. The molecule has 0 aliphatic heterocycles. The average molecular weight is 440 g/mol. The Hall–Kier alpha value is -3.01. The predicted molar refractivity (Wildman–Crippen MR) is 100 cm³/mol. The third kappa shape index (κ3) is 5.23. The highest BCUT2D eigenvalue weighted by molar-refractivity contribution is 9.10. The van der Waals surface area contributed by atoms with Crippen molar-refractivity contribution in [3.63, 3.8) is 0 Å². The molecule has 0 saturated heterocycles. The van der Waals surface area contributed by atoms with Gasteiger partial charge in [-0.05, 0) is 48.5 Å². The van der Waals surface area contributed by atoms with Crippen molar-refractivity contribution < 1.29 is 17.9 Å². The fourth-order valence-electron chi connectivity index (χ4n) is 2.14. The van der Waals surface area contributed by atoms with Gasteiger partial charge in [0, 0.05) is 15.8 Å². The number of benzene rings is 2. The van der Waals surface area contributed by atoms with Gasteiger partial charge in [-0.2, -0.15) is 0 Å². The molecule has 0 amide bonds. The SMILES string of the molecule is Nc1c(Nc2ccc(Br)cc2)ncnc1Nc1ccc(OC(F)(F)F)cc1. The Morgan fingerprint density at radius 2 is 1.33 bits per heavy atom. The molecule has 0 aliphatic rings. The summed E-state index contributed by atoms with van der Waals surface area (Å²) in [5.74, 6) is 0.391. The molecule has 6 nitrogen and oxygen atoms in total. The molecule has 1 aromatic heterocycles. The molecule has 0 spiro atoms. The smallest absolute Gasteiger partial charge is 0.406 e. The van der Waals surface area contributed by atoms with Gasteiger partial charge >= 0.3 is 6.36 Å². The highest BCUT2D eigenvalue weighted by atomic mass is 79.9. The summed E-state index contributed by atoms with van der Waals surface area (Å²) < 4.78 is 41.4. The summed E-state index contributed by atoms with van der Waals surface area (Å²) in [6, 6.07) is 12.6. The van der Waals surface area contributed by atoms with Gasteiger partial charge < -0.3 is 21.1 Å². The predicted octanol–water partition coefficient (Wildman–Crippen LogP) is 5.21. The van der Waals surface area contributed by atoms with Crippen LogP contribution in [0.2, 0.25) is 0 Å². The van der Waals surface area contributed by atoms with E-state index in [0.717, 1.165) is 10.2 Å². The molecular weight excluding hydrogens is 427 g/mol. The zero-order valence-corrected chi connectivity index (χ0v) is 15.2. The van der Waals surface area contributed by atoms with Crippen LogP contribution in [0, 0.1) is 0 Å². The summed E-state index contributed by atoms with van der Waals surface area (Å²) in [7, 11) is 0. The molecule has 4 N–H and O–H groups in total. The zero-order chi connectivity index (χ0) is 19.4. The molecule has 10 heteroatoms. The monoisotopic (exact) mass is 439 g/mol. The summed E-state index contributed by atoms with van der Waals surface area (Å²) in [6.07, 6.45) is -3.42. The number of halogens is 4. The van der Waals surface area contributed by atoms with Crippen molar-refractivity contribution in [2.75, 3.05) is 16.4 Å². The number of anilines is 5. The first kappa shape index (κ1) is 18.8. The van der Waals surface area contributed by atoms with Crippen LogP contribution in [0.15, 0.2) is 59.3 Å². The summed E-state index contributed by atoms with van der Waals surface area (Å²) in [4.78, 5) is 8.17. The van der Waals surface area contributed by atoms with E-state index in [2.05, 4.69) is 41.3 Å². The van der Waals surface area contributed by atoms with Crippen LogP contribution in [0.25, 0.3) is 0 Å². The number of nitrogens with zero attached hydrogens (tertiary/aromatic N) is 2. The largest absolute Gasteiger partial charge is 0.573 e. The minimum Gasteiger partial charge on any atom is -0.406 e. The molecule has 0 saturated carbocycles. The van der Waals surface area contributed by atoms with Crippen LogP contribution in [0.4, 0.5) is 41.9 Å². The van der Waals surface area contributed by atoms with Gasteiger partial charge in [-0.25, -0.2) is 9.97 Å².